The van der Waals surface area contributed by atoms with Gasteiger partial charge in [-0.3, -0.25) is 19.9 Å². The van der Waals surface area contributed by atoms with Crippen molar-refractivity contribution in [3.8, 4) is 0 Å². The summed E-state index contributed by atoms with van der Waals surface area (Å²) >= 11 is 0. The molecule has 4 N–H and O–H groups in total. The maximum absolute atomic E-state index is 11.3. The molecule has 0 radical (unpaired) electrons. The normalized spacial score (nSPS) is 10.4. The molecule has 0 bridgehead atoms. The van der Waals surface area contributed by atoms with Crippen molar-refractivity contribution in [1.29, 1.82) is 0 Å². The zero-order chi connectivity index (χ0) is 13.5. The van der Waals surface area contributed by atoms with E-state index in [0.717, 1.165) is 0 Å². The number of hydrogen-bond acceptors (Lipinski definition) is 5. The highest BCUT2D eigenvalue weighted by Gasteiger charge is 2.11. The van der Waals surface area contributed by atoms with Gasteiger partial charge in [0.25, 0.3) is 5.91 Å². The lowest BCUT2D eigenvalue weighted by Crippen LogP contribution is -2.34. The van der Waals surface area contributed by atoms with Crippen LogP contribution in [0.1, 0.15) is 23.0 Å². The Morgan fingerprint density at radius 3 is 2.83 bits per heavy atom. The molecule has 1 aromatic heterocycles. The number of nitrogens with one attached hydrogen (secondary N) is 2. The maximum atomic E-state index is 11.3. The molecule has 1 heterocycles. The molecule has 0 aliphatic rings. The zero-order valence-corrected chi connectivity index (χ0v) is 10.5. The van der Waals surface area contributed by atoms with Crippen LogP contribution in [0.25, 0.3) is 0 Å². The van der Waals surface area contributed by atoms with Gasteiger partial charge in [-0.15, -0.1) is 0 Å². The predicted octanol–water partition coefficient (Wildman–Crippen LogP) is -0.549. The quantitative estimate of drug-likeness (QED) is 0.359. The molecule has 0 unspecified atom stereocenters. The summed E-state index contributed by atoms with van der Waals surface area (Å²) in [6, 6.07) is 1.59. The molecular formula is C11H18N4O3. The van der Waals surface area contributed by atoms with Gasteiger partial charge in [-0.25, -0.2) is 5.84 Å². The van der Waals surface area contributed by atoms with Gasteiger partial charge in [0, 0.05) is 6.54 Å². The van der Waals surface area contributed by atoms with Crippen LogP contribution in [0.5, 0.6) is 0 Å². The van der Waals surface area contributed by atoms with Gasteiger partial charge in [0.1, 0.15) is 12.0 Å². The molecule has 0 aromatic carbocycles. The lowest BCUT2D eigenvalue weighted by Gasteiger charge is -2.13. The van der Waals surface area contributed by atoms with E-state index in [4.69, 9.17) is 10.3 Å². The zero-order valence-electron chi connectivity index (χ0n) is 10.5. The molecule has 0 fully saturated rings. The molecule has 7 heteroatoms. The molecular weight excluding hydrogens is 236 g/mol. The Bertz CT molecular complexity index is 416. The van der Waals surface area contributed by atoms with E-state index >= 15 is 0 Å². The molecule has 7 nitrogen and oxygen atoms in total. The van der Waals surface area contributed by atoms with Crippen molar-refractivity contribution < 1.29 is 14.0 Å². The van der Waals surface area contributed by atoms with Crippen LogP contribution >= 0.6 is 0 Å². The average Bonchev–Trinajstić information content (AvgIpc) is 2.76. The first kappa shape index (κ1) is 14.2. The topological polar surface area (TPSA) is 101 Å². The molecule has 0 aliphatic heterocycles. The van der Waals surface area contributed by atoms with E-state index in [1.54, 1.807) is 18.0 Å². The second-order valence-corrected chi connectivity index (χ2v) is 3.90. The van der Waals surface area contributed by atoms with E-state index < -0.39 is 5.91 Å². The first-order valence-electron chi connectivity index (χ1n) is 5.60. The Kier molecular flexibility index (Phi) is 5.34. The molecule has 0 saturated heterocycles. The Labute approximate surface area is 105 Å². The smallest absolute Gasteiger partial charge is 0.268 e. The van der Waals surface area contributed by atoms with E-state index in [1.165, 1.54) is 6.26 Å². The van der Waals surface area contributed by atoms with Crippen LogP contribution in [0.2, 0.25) is 0 Å². The van der Waals surface area contributed by atoms with Gasteiger partial charge in [0.2, 0.25) is 5.91 Å². The number of hydrazine groups is 1. The summed E-state index contributed by atoms with van der Waals surface area (Å²) in [6.45, 7) is 3.18. The highest BCUT2D eigenvalue weighted by atomic mass is 16.3. The van der Waals surface area contributed by atoms with Crippen LogP contribution in [0, 0.1) is 0 Å². The van der Waals surface area contributed by atoms with Crippen molar-refractivity contribution in [2.24, 2.45) is 5.84 Å². The number of hydrogen-bond donors (Lipinski definition) is 3. The Hall–Kier alpha value is -1.86. The molecule has 2 amide bonds. The molecule has 0 atom stereocenters. The third-order valence-corrected chi connectivity index (χ3v) is 2.26. The van der Waals surface area contributed by atoms with Gasteiger partial charge in [-0.2, -0.15) is 0 Å². The number of carbonyl (C=O) groups excluding carboxylic acids is 2. The predicted molar refractivity (Wildman–Crippen MR) is 65.4 cm³/mol. The van der Waals surface area contributed by atoms with E-state index in [9.17, 15) is 9.59 Å². The Morgan fingerprint density at radius 1 is 1.50 bits per heavy atom. The summed E-state index contributed by atoms with van der Waals surface area (Å²) in [5.41, 5.74) is 2.38. The fourth-order valence-corrected chi connectivity index (χ4v) is 1.49. The van der Waals surface area contributed by atoms with E-state index in [-0.39, 0.29) is 12.5 Å². The van der Waals surface area contributed by atoms with Crippen LogP contribution in [0.15, 0.2) is 16.7 Å². The van der Waals surface area contributed by atoms with Crippen LogP contribution in [-0.2, 0) is 11.3 Å². The summed E-state index contributed by atoms with van der Waals surface area (Å²) in [7, 11) is 1.79. The van der Waals surface area contributed by atoms with Gasteiger partial charge in [-0.1, -0.05) is 0 Å². The molecule has 1 rings (SSSR count). The summed E-state index contributed by atoms with van der Waals surface area (Å²) in [6.07, 6.45) is 1.33. The number of rotatable bonds is 6. The van der Waals surface area contributed by atoms with Gasteiger partial charge in [0.15, 0.2) is 0 Å². The standard InChI is InChI=1S/C11H18N4O3/c1-3-13-10(16)6-15(2)5-9-4-8(7-18-9)11(17)14-12/h4,7H,3,5-6,12H2,1-2H3,(H,13,16)(H,14,17). The SMILES string of the molecule is CCNC(=O)CN(C)Cc1cc(C(=O)NN)co1. The highest BCUT2D eigenvalue weighted by molar-refractivity contribution is 5.93. The Morgan fingerprint density at radius 2 is 2.22 bits per heavy atom. The van der Waals surface area contributed by atoms with Gasteiger partial charge in [-0.05, 0) is 20.0 Å². The molecule has 0 spiro atoms. The summed E-state index contributed by atoms with van der Waals surface area (Å²) in [4.78, 5) is 24.3. The third kappa shape index (κ3) is 4.19. The maximum Gasteiger partial charge on any atom is 0.268 e. The van der Waals surface area contributed by atoms with E-state index in [1.807, 2.05) is 12.3 Å². The number of furan rings is 1. The van der Waals surface area contributed by atoms with Crippen molar-refractivity contribution in [2.75, 3.05) is 20.1 Å². The van der Waals surface area contributed by atoms with E-state index in [2.05, 4.69) is 5.32 Å². The number of nitrogen functional groups attached to an aromatic ring is 1. The van der Waals surface area contributed by atoms with Gasteiger partial charge < -0.3 is 9.73 Å². The Balaban J connectivity index is 2.49. The second-order valence-electron chi connectivity index (χ2n) is 3.90. The van der Waals surface area contributed by atoms with Crippen molar-refractivity contribution in [3.63, 3.8) is 0 Å². The number of nitrogens with two attached hydrogens (primary N) is 1. The number of likely N-dealkylation sites (N-methyl/N-ethyl adjacent to an activating group) is 2. The molecule has 1 aromatic rings. The largest absolute Gasteiger partial charge is 0.467 e. The first-order valence-corrected chi connectivity index (χ1v) is 5.60. The molecule has 100 valence electrons. The lowest BCUT2D eigenvalue weighted by molar-refractivity contribution is -0.122. The minimum absolute atomic E-state index is 0.0496. The van der Waals surface area contributed by atoms with Gasteiger partial charge >= 0.3 is 0 Å². The molecule has 0 saturated carbocycles. The highest BCUT2D eigenvalue weighted by Crippen LogP contribution is 2.09. The second kappa shape index (κ2) is 6.77. The number of amides is 2. The van der Waals surface area contributed by atoms with Crippen LogP contribution in [0.4, 0.5) is 0 Å². The van der Waals surface area contributed by atoms with Gasteiger partial charge in [0.05, 0.1) is 18.7 Å². The van der Waals surface area contributed by atoms with Crippen molar-refractivity contribution in [2.45, 2.75) is 13.5 Å². The first-order chi connectivity index (χ1) is 8.56. The van der Waals surface area contributed by atoms with Crippen molar-refractivity contribution in [1.82, 2.24) is 15.6 Å². The van der Waals surface area contributed by atoms with E-state index in [0.29, 0.717) is 24.4 Å². The minimum atomic E-state index is -0.406. The monoisotopic (exact) mass is 254 g/mol. The fraction of sp³-hybridized carbons (Fsp3) is 0.455. The average molecular weight is 254 g/mol. The molecule has 0 aliphatic carbocycles. The fourth-order valence-electron chi connectivity index (χ4n) is 1.49. The van der Waals surface area contributed by atoms with Crippen molar-refractivity contribution in [3.05, 3.63) is 23.7 Å². The summed E-state index contributed by atoms with van der Waals surface area (Å²) in [5, 5.41) is 2.70. The van der Waals surface area contributed by atoms with Crippen LogP contribution < -0.4 is 16.6 Å². The van der Waals surface area contributed by atoms with Crippen LogP contribution in [0.3, 0.4) is 0 Å². The summed E-state index contributed by atoms with van der Waals surface area (Å²) < 4.78 is 5.21. The third-order valence-electron chi connectivity index (χ3n) is 2.26. The minimum Gasteiger partial charge on any atom is -0.467 e. The van der Waals surface area contributed by atoms with Crippen LogP contribution in [-0.4, -0.2) is 36.9 Å². The number of nitrogens with zero attached hydrogens (tertiary/aromatic N) is 1. The lowest BCUT2D eigenvalue weighted by atomic mass is 10.3. The van der Waals surface area contributed by atoms with Crippen molar-refractivity contribution >= 4 is 11.8 Å². The summed E-state index contributed by atoms with van der Waals surface area (Å²) in [5.74, 6) is 5.15. The molecule has 18 heavy (non-hydrogen) atoms. The number of carbonyl (C=O) groups is 2.